The molecule has 5 heteroatoms. The van der Waals surface area contributed by atoms with Crippen LogP contribution in [0.5, 0.6) is 0 Å². The largest absolute Gasteiger partial charge is 0.305 e. The Morgan fingerprint density at radius 1 is 0.958 bits per heavy atom. The number of anilines is 1. The fraction of sp³-hybridized carbons (Fsp3) is 0.316. The molecule has 0 aliphatic carbocycles. The maximum absolute atomic E-state index is 13.2. The van der Waals surface area contributed by atoms with Gasteiger partial charge in [0.2, 0.25) is 5.95 Å². The van der Waals surface area contributed by atoms with Crippen molar-refractivity contribution in [2.45, 2.75) is 25.8 Å². The Bertz CT molecular complexity index is 819. The number of halogens is 1. The number of hydrogen-bond donors (Lipinski definition) is 1. The molecule has 0 bridgehead atoms. The first-order chi connectivity index (χ1) is 11.8. The maximum Gasteiger partial charge on any atom is 0.219 e. The van der Waals surface area contributed by atoms with Crippen LogP contribution in [0, 0.1) is 5.82 Å². The van der Waals surface area contributed by atoms with Crippen molar-refractivity contribution in [1.29, 1.82) is 0 Å². The number of fused-ring (bicyclic) bond motifs is 1. The van der Waals surface area contributed by atoms with Crippen molar-refractivity contribution in [1.82, 2.24) is 14.6 Å². The zero-order valence-corrected chi connectivity index (χ0v) is 13.6. The number of hydrogen-bond acceptors (Lipinski definition) is 3. The number of nitrogens with one attached hydrogen (secondary N) is 1. The molecule has 3 aromatic rings. The van der Waals surface area contributed by atoms with E-state index >= 15 is 0 Å². The summed E-state index contributed by atoms with van der Waals surface area (Å²) in [6.45, 7) is 2.75. The molecular formula is C19H21FN4. The van der Waals surface area contributed by atoms with Gasteiger partial charge >= 0.3 is 0 Å². The molecule has 0 atom stereocenters. The number of para-hydroxylation sites is 2. The average Bonchev–Trinajstić information content (AvgIpc) is 2.95. The standard InChI is InChI=1S/C19H21FN4/c20-16-10-8-15(9-11-16)14-24-18-7-3-2-6-17(18)21-19(24)22-23-12-4-1-5-13-23/h2-3,6-11H,1,4-5,12-14H2,(H,21,22). The van der Waals surface area contributed by atoms with Crippen LogP contribution >= 0.6 is 0 Å². The van der Waals surface area contributed by atoms with Crippen LogP contribution in [-0.4, -0.2) is 27.6 Å². The zero-order valence-electron chi connectivity index (χ0n) is 13.6. The molecule has 1 N–H and O–H groups in total. The predicted octanol–water partition coefficient (Wildman–Crippen LogP) is 4.04. The lowest BCUT2D eigenvalue weighted by atomic mass is 10.2. The van der Waals surface area contributed by atoms with Crippen LogP contribution in [0.15, 0.2) is 48.5 Å². The molecule has 2 aromatic carbocycles. The Morgan fingerprint density at radius 3 is 2.50 bits per heavy atom. The third kappa shape index (κ3) is 3.12. The number of hydrazine groups is 1. The van der Waals surface area contributed by atoms with Crippen LogP contribution < -0.4 is 5.43 Å². The van der Waals surface area contributed by atoms with Gasteiger partial charge in [-0.05, 0) is 42.7 Å². The summed E-state index contributed by atoms with van der Waals surface area (Å²) in [6.07, 6.45) is 3.72. The number of nitrogens with zero attached hydrogens (tertiary/aromatic N) is 3. The molecular weight excluding hydrogens is 303 g/mol. The van der Waals surface area contributed by atoms with E-state index in [1.165, 1.54) is 31.4 Å². The first-order valence-corrected chi connectivity index (χ1v) is 8.51. The maximum atomic E-state index is 13.2. The Hall–Kier alpha value is -2.40. The van der Waals surface area contributed by atoms with Gasteiger partial charge in [0.15, 0.2) is 0 Å². The molecule has 4 rings (SSSR count). The summed E-state index contributed by atoms with van der Waals surface area (Å²) < 4.78 is 15.3. The van der Waals surface area contributed by atoms with E-state index in [2.05, 4.69) is 21.1 Å². The molecule has 1 saturated heterocycles. The highest BCUT2D eigenvalue weighted by molar-refractivity contribution is 5.78. The number of imidazole rings is 1. The van der Waals surface area contributed by atoms with Crippen LogP contribution in [0.3, 0.4) is 0 Å². The van der Waals surface area contributed by atoms with E-state index in [9.17, 15) is 4.39 Å². The number of rotatable bonds is 4. The molecule has 0 saturated carbocycles. The summed E-state index contributed by atoms with van der Waals surface area (Å²) in [4.78, 5) is 4.76. The quantitative estimate of drug-likeness (QED) is 0.786. The summed E-state index contributed by atoms with van der Waals surface area (Å²) in [7, 11) is 0. The molecule has 1 fully saturated rings. The minimum absolute atomic E-state index is 0.207. The van der Waals surface area contributed by atoms with Crippen molar-refractivity contribution in [3.8, 4) is 0 Å². The molecule has 2 heterocycles. The van der Waals surface area contributed by atoms with Gasteiger partial charge in [0, 0.05) is 13.1 Å². The van der Waals surface area contributed by atoms with Crippen LogP contribution in [0.1, 0.15) is 24.8 Å². The predicted molar refractivity (Wildman–Crippen MR) is 94.3 cm³/mol. The second kappa shape index (κ2) is 6.61. The second-order valence-electron chi connectivity index (χ2n) is 6.30. The third-order valence-corrected chi connectivity index (χ3v) is 4.52. The highest BCUT2D eigenvalue weighted by Gasteiger charge is 2.15. The molecule has 24 heavy (non-hydrogen) atoms. The van der Waals surface area contributed by atoms with Gasteiger partial charge in [0.05, 0.1) is 17.6 Å². The van der Waals surface area contributed by atoms with E-state index < -0.39 is 0 Å². The SMILES string of the molecule is Fc1ccc(Cn2c(NN3CCCCC3)nc3ccccc32)cc1. The minimum atomic E-state index is -0.207. The lowest BCUT2D eigenvalue weighted by Crippen LogP contribution is -2.36. The summed E-state index contributed by atoms with van der Waals surface area (Å²) in [5.74, 6) is 0.642. The van der Waals surface area contributed by atoms with Gasteiger partial charge in [-0.1, -0.05) is 30.7 Å². The molecule has 4 nitrogen and oxygen atoms in total. The molecule has 1 aromatic heterocycles. The Kier molecular flexibility index (Phi) is 4.17. The fourth-order valence-electron chi connectivity index (χ4n) is 3.24. The topological polar surface area (TPSA) is 33.1 Å². The smallest absolute Gasteiger partial charge is 0.219 e. The van der Waals surface area contributed by atoms with Crippen molar-refractivity contribution in [2.75, 3.05) is 18.5 Å². The van der Waals surface area contributed by atoms with E-state index in [0.29, 0.717) is 6.54 Å². The molecule has 0 spiro atoms. The summed E-state index contributed by atoms with van der Waals surface area (Å²) >= 11 is 0. The Morgan fingerprint density at radius 2 is 1.71 bits per heavy atom. The van der Waals surface area contributed by atoms with E-state index in [1.807, 2.05) is 30.3 Å². The van der Waals surface area contributed by atoms with Gasteiger partial charge in [-0.25, -0.2) is 14.4 Å². The second-order valence-corrected chi connectivity index (χ2v) is 6.30. The van der Waals surface area contributed by atoms with Crippen LogP contribution in [0.25, 0.3) is 11.0 Å². The van der Waals surface area contributed by atoms with Gasteiger partial charge < -0.3 is 4.57 Å². The summed E-state index contributed by atoms with van der Waals surface area (Å²) in [5, 5.41) is 2.24. The summed E-state index contributed by atoms with van der Waals surface area (Å²) in [5.41, 5.74) is 6.59. The van der Waals surface area contributed by atoms with E-state index in [4.69, 9.17) is 4.98 Å². The normalized spacial score (nSPS) is 15.7. The molecule has 0 amide bonds. The zero-order chi connectivity index (χ0) is 16.4. The van der Waals surface area contributed by atoms with Crippen molar-refractivity contribution in [2.24, 2.45) is 0 Å². The van der Waals surface area contributed by atoms with Crippen LogP contribution in [-0.2, 0) is 6.54 Å². The van der Waals surface area contributed by atoms with E-state index in [0.717, 1.165) is 35.6 Å². The van der Waals surface area contributed by atoms with Crippen LogP contribution in [0.2, 0.25) is 0 Å². The monoisotopic (exact) mass is 324 g/mol. The Balaban J connectivity index is 1.68. The third-order valence-electron chi connectivity index (χ3n) is 4.52. The van der Waals surface area contributed by atoms with Gasteiger partial charge in [-0.3, -0.25) is 5.43 Å². The average molecular weight is 324 g/mol. The van der Waals surface area contributed by atoms with E-state index in [1.54, 1.807) is 0 Å². The minimum Gasteiger partial charge on any atom is -0.305 e. The lowest BCUT2D eigenvalue weighted by Gasteiger charge is -2.27. The molecule has 0 unspecified atom stereocenters. The highest BCUT2D eigenvalue weighted by atomic mass is 19.1. The Labute approximate surface area is 140 Å². The highest BCUT2D eigenvalue weighted by Crippen LogP contribution is 2.22. The van der Waals surface area contributed by atoms with Gasteiger partial charge in [0.1, 0.15) is 5.82 Å². The first-order valence-electron chi connectivity index (χ1n) is 8.51. The number of aromatic nitrogens is 2. The van der Waals surface area contributed by atoms with Crippen LogP contribution in [0.4, 0.5) is 10.3 Å². The lowest BCUT2D eigenvalue weighted by molar-refractivity contribution is 0.270. The van der Waals surface area contributed by atoms with Crippen molar-refractivity contribution in [3.05, 3.63) is 59.9 Å². The summed E-state index contributed by atoms with van der Waals surface area (Å²) in [6, 6.07) is 14.8. The fourth-order valence-corrected chi connectivity index (χ4v) is 3.24. The van der Waals surface area contributed by atoms with Crippen molar-refractivity contribution < 1.29 is 4.39 Å². The van der Waals surface area contributed by atoms with E-state index in [-0.39, 0.29) is 5.82 Å². The number of piperidine rings is 1. The van der Waals surface area contributed by atoms with Gasteiger partial charge in [-0.2, -0.15) is 0 Å². The van der Waals surface area contributed by atoms with Gasteiger partial charge in [0.25, 0.3) is 0 Å². The molecule has 1 aliphatic heterocycles. The van der Waals surface area contributed by atoms with Gasteiger partial charge in [-0.15, -0.1) is 0 Å². The first kappa shape index (κ1) is 15.1. The molecule has 0 radical (unpaired) electrons. The van der Waals surface area contributed by atoms with Crippen molar-refractivity contribution >= 4 is 17.0 Å². The van der Waals surface area contributed by atoms with Crippen molar-refractivity contribution in [3.63, 3.8) is 0 Å². The molecule has 124 valence electrons. The molecule has 1 aliphatic rings. The number of benzene rings is 2.